The first-order chi connectivity index (χ1) is 6.69. The van der Waals surface area contributed by atoms with E-state index in [9.17, 15) is 0 Å². The van der Waals surface area contributed by atoms with Crippen LogP contribution in [-0.2, 0) is 0 Å². The van der Waals surface area contributed by atoms with Gasteiger partial charge < -0.3 is 4.42 Å². The van der Waals surface area contributed by atoms with E-state index in [4.69, 9.17) is 10.3 Å². The highest BCUT2D eigenvalue weighted by atomic mass is 79.9. The maximum atomic E-state index is 5.48. The predicted octanol–water partition coefficient (Wildman–Crippen LogP) is 2.90. The average molecular weight is 259 g/mol. The lowest BCUT2D eigenvalue weighted by atomic mass is 10.0. The molecule has 1 aromatic heterocycles. The van der Waals surface area contributed by atoms with Crippen molar-refractivity contribution in [2.24, 2.45) is 5.84 Å². The van der Waals surface area contributed by atoms with Gasteiger partial charge >= 0.3 is 0 Å². The van der Waals surface area contributed by atoms with Gasteiger partial charge in [0.15, 0.2) is 4.67 Å². The highest BCUT2D eigenvalue weighted by Crippen LogP contribution is 2.28. The number of hydrogen-bond donors (Lipinski definition) is 2. The van der Waals surface area contributed by atoms with Crippen molar-refractivity contribution in [2.45, 2.75) is 25.8 Å². The van der Waals surface area contributed by atoms with Gasteiger partial charge in [0, 0.05) is 5.56 Å². The fraction of sp³-hybridized carbons (Fsp3) is 0.400. The number of hydrazine groups is 1. The third kappa shape index (κ3) is 2.70. The van der Waals surface area contributed by atoms with Gasteiger partial charge in [0.05, 0.1) is 12.3 Å². The number of nitrogens with one attached hydrogen (secondary N) is 1. The zero-order valence-electron chi connectivity index (χ0n) is 8.22. The van der Waals surface area contributed by atoms with Crippen LogP contribution in [0.3, 0.4) is 0 Å². The molecule has 1 heterocycles. The molecule has 1 rings (SSSR count). The van der Waals surface area contributed by atoms with E-state index in [-0.39, 0.29) is 6.04 Å². The van der Waals surface area contributed by atoms with Crippen LogP contribution in [0.15, 0.2) is 33.6 Å². The third-order valence-corrected chi connectivity index (χ3v) is 2.86. The van der Waals surface area contributed by atoms with Gasteiger partial charge in [-0.1, -0.05) is 19.1 Å². The first-order valence-electron chi connectivity index (χ1n) is 4.54. The molecule has 0 saturated heterocycles. The lowest BCUT2D eigenvalue weighted by molar-refractivity contribution is 0.504. The van der Waals surface area contributed by atoms with E-state index in [1.54, 1.807) is 6.26 Å². The molecule has 0 aliphatic carbocycles. The number of rotatable bonds is 5. The summed E-state index contributed by atoms with van der Waals surface area (Å²) in [6.45, 7) is 6.04. The lowest BCUT2D eigenvalue weighted by Gasteiger charge is -2.15. The van der Waals surface area contributed by atoms with Crippen molar-refractivity contribution in [3.05, 3.63) is 34.7 Å². The normalized spacial score (nSPS) is 12.8. The fourth-order valence-corrected chi connectivity index (χ4v) is 1.76. The van der Waals surface area contributed by atoms with E-state index in [1.165, 1.54) is 5.57 Å². The van der Waals surface area contributed by atoms with E-state index in [2.05, 4.69) is 34.9 Å². The molecular formula is C10H15BrN2O. The van der Waals surface area contributed by atoms with Gasteiger partial charge in [-0.2, -0.15) is 0 Å². The SMILES string of the molecule is C=C(CC)CC(NN)c1ccoc1Br. The number of furan rings is 1. The van der Waals surface area contributed by atoms with Crippen LogP contribution in [0.5, 0.6) is 0 Å². The van der Waals surface area contributed by atoms with Gasteiger partial charge in [0.2, 0.25) is 0 Å². The van der Waals surface area contributed by atoms with Crippen LogP contribution < -0.4 is 11.3 Å². The van der Waals surface area contributed by atoms with E-state index in [0.29, 0.717) is 0 Å². The smallest absolute Gasteiger partial charge is 0.173 e. The van der Waals surface area contributed by atoms with Gasteiger partial charge in [0.1, 0.15) is 0 Å². The molecule has 0 aliphatic heterocycles. The zero-order chi connectivity index (χ0) is 10.6. The first-order valence-corrected chi connectivity index (χ1v) is 5.34. The van der Waals surface area contributed by atoms with E-state index >= 15 is 0 Å². The summed E-state index contributed by atoms with van der Waals surface area (Å²) < 4.78 is 5.88. The van der Waals surface area contributed by atoms with Crippen molar-refractivity contribution in [3.63, 3.8) is 0 Å². The maximum Gasteiger partial charge on any atom is 0.173 e. The Morgan fingerprint density at radius 2 is 2.50 bits per heavy atom. The minimum absolute atomic E-state index is 0.0653. The Balaban J connectivity index is 2.72. The topological polar surface area (TPSA) is 51.2 Å². The predicted molar refractivity (Wildman–Crippen MR) is 60.5 cm³/mol. The standard InChI is InChI=1S/C10H15BrN2O/c1-3-7(2)6-9(13-12)8-4-5-14-10(8)11/h4-5,9,13H,2-3,6,12H2,1H3. The molecule has 0 saturated carbocycles. The molecule has 0 fully saturated rings. The minimum atomic E-state index is 0.0653. The van der Waals surface area contributed by atoms with Crippen LogP contribution >= 0.6 is 15.9 Å². The minimum Gasteiger partial charge on any atom is -0.457 e. The molecule has 0 spiro atoms. The molecule has 0 radical (unpaired) electrons. The Hall–Kier alpha value is -0.580. The van der Waals surface area contributed by atoms with E-state index in [1.807, 2.05) is 6.07 Å². The average Bonchev–Trinajstić information content (AvgIpc) is 2.60. The van der Waals surface area contributed by atoms with Crippen molar-refractivity contribution in [2.75, 3.05) is 0 Å². The van der Waals surface area contributed by atoms with Gasteiger partial charge in [0.25, 0.3) is 0 Å². The van der Waals surface area contributed by atoms with Crippen LogP contribution in [0.25, 0.3) is 0 Å². The van der Waals surface area contributed by atoms with Crippen molar-refractivity contribution in [1.82, 2.24) is 5.43 Å². The summed E-state index contributed by atoms with van der Waals surface area (Å²) in [5, 5.41) is 0. The van der Waals surface area contributed by atoms with Crippen molar-refractivity contribution >= 4 is 15.9 Å². The first kappa shape index (κ1) is 11.5. The summed E-state index contributed by atoms with van der Waals surface area (Å²) in [5.74, 6) is 5.48. The second kappa shape index (κ2) is 5.34. The van der Waals surface area contributed by atoms with Crippen molar-refractivity contribution < 1.29 is 4.42 Å². The van der Waals surface area contributed by atoms with Gasteiger partial charge in [-0.25, -0.2) is 0 Å². The molecule has 1 aromatic rings. The summed E-state index contributed by atoms with van der Waals surface area (Å²) in [6, 6.07) is 1.97. The highest BCUT2D eigenvalue weighted by molar-refractivity contribution is 9.10. The van der Waals surface area contributed by atoms with Crippen molar-refractivity contribution in [3.8, 4) is 0 Å². The number of nitrogens with two attached hydrogens (primary N) is 1. The molecular weight excluding hydrogens is 244 g/mol. The lowest BCUT2D eigenvalue weighted by Crippen LogP contribution is -2.28. The van der Waals surface area contributed by atoms with Crippen molar-refractivity contribution in [1.29, 1.82) is 0 Å². The molecule has 3 nitrogen and oxygen atoms in total. The van der Waals surface area contributed by atoms with Crippen LogP contribution in [0.1, 0.15) is 31.4 Å². The van der Waals surface area contributed by atoms with Gasteiger partial charge in [-0.15, -0.1) is 0 Å². The molecule has 0 amide bonds. The third-order valence-electron chi connectivity index (χ3n) is 2.22. The molecule has 0 bridgehead atoms. The monoisotopic (exact) mass is 258 g/mol. The molecule has 1 unspecified atom stereocenters. The Morgan fingerprint density at radius 3 is 2.93 bits per heavy atom. The Bertz CT molecular complexity index is 309. The summed E-state index contributed by atoms with van der Waals surface area (Å²) in [6.07, 6.45) is 3.43. The second-order valence-electron chi connectivity index (χ2n) is 3.18. The summed E-state index contributed by atoms with van der Waals surface area (Å²) in [4.78, 5) is 0. The van der Waals surface area contributed by atoms with Gasteiger partial charge in [-0.05, 0) is 34.8 Å². The van der Waals surface area contributed by atoms with Crippen LogP contribution in [0.4, 0.5) is 0 Å². The van der Waals surface area contributed by atoms with E-state index < -0.39 is 0 Å². The number of halogens is 1. The Labute approximate surface area is 92.5 Å². The largest absolute Gasteiger partial charge is 0.457 e. The second-order valence-corrected chi connectivity index (χ2v) is 3.90. The highest BCUT2D eigenvalue weighted by Gasteiger charge is 2.15. The van der Waals surface area contributed by atoms with Crippen LogP contribution in [0.2, 0.25) is 0 Å². The van der Waals surface area contributed by atoms with Crippen LogP contribution in [0, 0.1) is 0 Å². The molecule has 1 atom stereocenters. The molecule has 14 heavy (non-hydrogen) atoms. The molecule has 4 heteroatoms. The number of hydrogen-bond acceptors (Lipinski definition) is 3. The molecule has 3 N–H and O–H groups in total. The quantitative estimate of drug-likeness (QED) is 0.485. The Morgan fingerprint density at radius 1 is 1.79 bits per heavy atom. The molecule has 0 aliphatic rings. The fourth-order valence-electron chi connectivity index (χ4n) is 1.25. The maximum absolute atomic E-state index is 5.48. The molecule has 0 aromatic carbocycles. The van der Waals surface area contributed by atoms with Crippen LogP contribution in [-0.4, -0.2) is 0 Å². The summed E-state index contributed by atoms with van der Waals surface area (Å²) in [5.41, 5.74) is 4.96. The summed E-state index contributed by atoms with van der Waals surface area (Å²) >= 11 is 3.33. The Kier molecular flexibility index (Phi) is 4.38. The molecule has 78 valence electrons. The van der Waals surface area contributed by atoms with Gasteiger partial charge in [-0.3, -0.25) is 11.3 Å². The zero-order valence-corrected chi connectivity index (χ0v) is 9.80. The summed E-state index contributed by atoms with van der Waals surface area (Å²) in [7, 11) is 0. The van der Waals surface area contributed by atoms with E-state index in [0.717, 1.165) is 23.1 Å².